The van der Waals surface area contributed by atoms with Crippen LogP contribution in [-0.2, 0) is 0 Å². The number of anilines is 3. The lowest BCUT2D eigenvalue weighted by Crippen LogP contribution is -2.13. The highest BCUT2D eigenvalue weighted by Crippen LogP contribution is 2.37. The predicted octanol–water partition coefficient (Wildman–Crippen LogP) is 5.38. The van der Waals surface area contributed by atoms with Crippen molar-refractivity contribution in [2.45, 2.75) is 19.9 Å². The number of hydrogen-bond donors (Lipinski definition) is 2. The number of halogens is 1. The number of nitrogens with zero attached hydrogens (tertiary/aromatic N) is 2. The van der Waals surface area contributed by atoms with E-state index in [-0.39, 0.29) is 6.04 Å². The van der Waals surface area contributed by atoms with Gasteiger partial charge in [0.05, 0.1) is 30.6 Å². The van der Waals surface area contributed by atoms with Gasteiger partial charge in [0.2, 0.25) is 5.95 Å². The molecule has 0 spiro atoms. The van der Waals surface area contributed by atoms with Gasteiger partial charge in [-0.15, -0.1) is 0 Å². The number of hydrogen-bond acceptors (Lipinski definition) is 6. The number of methoxy groups -OCH3 is 2. The molecule has 6 nitrogen and oxygen atoms in total. The molecular weight excluding hydrogens is 376 g/mol. The Labute approximate surface area is 169 Å². The minimum atomic E-state index is 0.198. The SMILES string of the molecule is COc1cc(Nc2cc(-c3ccccc3)nc(NC(C)C)n2)c(OC)cc1Cl. The van der Waals surface area contributed by atoms with Crippen LogP contribution in [-0.4, -0.2) is 30.2 Å². The third kappa shape index (κ3) is 4.64. The molecule has 0 bridgehead atoms. The first-order valence-corrected chi connectivity index (χ1v) is 9.27. The van der Waals surface area contributed by atoms with Gasteiger partial charge in [0, 0.05) is 29.8 Å². The van der Waals surface area contributed by atoms with Gasteiger partial charge in [-0.2, -0.15) is 4.98 Å². The van der Waals surface area contributed by atoms with Crippen LogP contribution < -0.4 is 20.1 Å². The second-order valence-corrected chi connectivity index (χ2v) is 6.85. The lowest BCUT2D eigenvalue weighted by molar-refractivity contribution is 0.405. The normalized spacial score (nSPS) is 10.6. The summed E-state index contributed by atoms with van der Waals surface area (Å²) in [7, 11) is 3.16. The molecular formula is C21H23ClN4O2. The van der Waals surface area contributed by atoms with E-state index in [9.17, 15) is 0 Å². The topological polar surface area (TPSA) is 68.3 Å². The minimum Gasteiger partial charge on any atom is -0.495 e. The van der Waals surface area contributed by atoms with Crippen molar-refractivity contribution < 1.29 is 9.47 Å². The molecule has 2 N–H and O–H groups in total. The molecule has 0 aliphatic heterocycles. The number of benzene rings is 2. The number of ether oxygens (including phenoxy) is 2. The number of rotatable bonds is 7. The van der Waals surface area contributed by atoms with Crippen molar-refractivity contribution in [2.75, 3.05) is 24.9 Å². The van der Waals surface area contributed by atoms with E-state index in [0.29, 0.717) is 34.0 Å². The van der Waals surface area contributed by atoms with Crippen LogP contribution in [0.4, 0.5) is 17.5 Å². The standard InChI is InChI=1S/C21H23ClN4O2/c1-13(2)23-21-25-16(14-8-6-5-7-9-14)12-20(26-21)24-17-11-18(27-3)15(22)10-19(17)28-4/h5-13H,1-4H3,(H2,23,24,25,26). The smallest absolute Gasteiger partial charge is 0.225 e. The molecule has 146 valence electrons. The third-order valence-corrected chi connectivity index (χ3v) is 4.25. The molecule has 0 saturated heterocycles. The lowest BCUT2D eigenvalue weighted by atomic mass is 10.1. The van der Waals surface area contributed by atoms with E-state index in [4.69, 9.17) is 21.1 Å². The molecule has 0 aliphatic rings. The molecule has 0 unspecified atom stereocenters. The summed E-state index contributed by atoms with van der Waals surface area (Å²) >= 11 is 6.20. The first-order valence-electron chi connectivity index (χ1n) is 8.89. The Morgan fingerprint density at radius 2 is 1.64 bits per heavy atom. The quantitative estimate of drug-likeness (QED) is 0.557. The van der Waals surface area contributed by atoms with Crippen LogP contribution in [0.15, 0.2) is 48.5 Å². The van der Waals surface area contributed by atoms with E-state index in [1.165, 1.54) is 0 Å². The monoisotopic (exact) mass is 398 g/mol. The molecule has 3 aromatic rings. The average molecular weight is 399 g/mol. The van der Waals surface area contributed by atoms with E-state index >= 15 is 0 Å². The molecule has 0 fully saturated rings. The molecule has 3 rings (SSSR count). The van der Waals surface area contributed by atoms with Crippen LogP contribution in [0.5, 0.6) is 11.5 Å². The van der Waals surface area contributed by atoms with E-state index in [0.717, 1.165) is 11.3 Å². The van der Waals surface area contributed by atoms with Crippen LogP contribution in [0.1, 0.15) is 13.8 Å². The second kappa shape index (κ2) is 8.80. The molecule has 0 atom stereocenters. The Hall–Kier alpha value is -2.99. The summed E-state index contributed by atoms with van der Waals surface area (Å²) in [6.45, 7) is 4.08. The Bertz CT molecular complexity index is 949. The molecule has 2 aromatic carbocycles. The predicted molar refractivity (Wildman–Crippen MR) is 114 cm³/mol. The fourth-order valence-corrected chi connectivity index (χ4v) is 2.92. The number of aromatic nitrogens is 2. The summed E-state index contributed by atoms with van der Waals surface area (Å²) in [5, 5.41) is 7.03. The van der Waals surface area contributed by atoms with Gasteiger partial charge >= 0.3 is 0 Å². The minimum absolute atomic E-state index is 0.198. The first kappa shape index (κ1) is 19.8. The van der Waals surface area contributed by atoms with Crippen molar-refractivity contribution in [3.63, 3.8) is 0 Å². The molecule has 0 saturated carbocycles. The van der Waals surface area contributed by atoms with Gasteiger partial charge in [-0.3, -0.25) is 0 Å². The highest BCUT2D eigenvalue weighted by atomic mass is 35.5. The lowest BCUT2D eigenvalue weighted by Gasteiger charge is -2.16. The molecule has 0 radical (unpaired) electrons. The van der Waals surface area contributed by atoms with Gasteiger partial charge in [-0.05, 0) is 13.8 Å². The fraction of sp³-hybridized carbons (Fsp3) is 0.238. The van der Waals surface area contributed by atoms with Gasteiger partial charge in [-0.25, -0.2) is 4.98 Å². The van der Waals surface area contributed by atoms with E-state index in [2.05, 4.69) is 20.6 Å². The largest absolute Gasteiger partial charge is 0.495 e. The molecule has 0 aliphatic carbocycles. The summed E-state index contributed by atoms with van der Waals surface area (Å²) in [4.78, 5) is 9.22. The zero-order chi connectivity index (χ0) is 20.1. The summed E-state index contributed by atoms with van der Waals surface area (Å²) in [5.41, 5.74) is 2.50. The van der Waals surface area contributed by atoms with Crippen LogP contribution in [0.2, 0.25) is 5.02 Å². The molecule has 28 heavy (non-hydrogen) atoms. The highest BCUT2D eigenvalue weighted by molar-refractivity contribution is 6.32. The van der Waals surface area contributed by atoms with Crippen molar-refractivity contribution in [3.05, 3.63) is 53.6 Å². The van der Waals surface area contributed by atoms with Gasteiger partial charge in [0.1, 0.15) is 17.3 Å². The van der Waals surface area contributed by atoms with Crippen molar-refractivity contribution >= 4 is 29.1 Å². The zero-order valence-electron chi connectivity index (χ0n) is 16.3. The van der Waals surface area contributed by atoms with E-state index < -0.39 is 0 Å². The van der Waals surface area contributed by atoms with E-state index in [1.54, 1.807) is 26.4 Å². The maximum atomic E-state index is 6.20. The highest BCUT2D eigenvalue weighted by Gasteiger charge is 2.13. The van der Waals surface area contributed by atoms with Crippen LogP contribution >= 0.6 is 11.6 Å². The number of nitrogens with one attached hydrogen (secondary N) is 2. The second-order valence-electron chi connectivity index (χ2n) is 6.44. The van der Waals surface area contributed by atoms with Gasteiger partial charge in [-0.1, -0.05) is 41.9 Å². The van der Waals surface area contributed by atoms with E-state index in [1.807, 2.05) is 50.2 Å². The maximum absolute atomic E-state index is 6.20. The molecule has 7 heteroatoms. The third-order valence-electron chi connectivity index (χ3n) is 3.95. The Morgan fingerprint density at radius 3 is 2.29 bits per heavy atom. The van der Waals surface area contributed by atoms with Gasteiger partial charge < -0.3 is 20.1 Å². The van der Waals surface area contributed by atoms with Gasteiger partial charge in [0.25, 0.3) is 0 Å². The maximum Gasteiger partial charge on any atom is 0.225 e. The van der Waals surface area contributed by atoms with Crippen LogP contribution in [0, 0.1) is 0 Å². The molecule has 1 heterocycles. The Kier molecular flexibility index (Phi) is 6.21. The summed E-state index contributed by atoms with van der Waals surface area (Å²) in [6, 6.07) is 15.5. The molecule has 0 amide bonds. The first-order chi connectivity index (χ1) is 13.5. The van der Waals surface area contributed by atoms with Crippen LogP contribution in [0.25, 0.3) is 11.3 Å². The summed E-state index contributed by atoms with van der Waals surface area (Å²) < 4.78 is 10.8. The molecule has 1 aromatic heterocycles. The van der Waals surface area contributed by atoms with Crippen molar-refractivity contribution in [1.29, 1.82) is 0 Å². The average Bonchev–Trinajstić information content (AvgIpc) is 2.69. The summed E-state index contributed by atoms with van der Waals surface area (Å²) in [6.07, 6.45) is 0. The zero-order valence-corrected chi connectivity index (χ0v) is 17.0. The summed E-state index contributed by atoms with van der Waals surface area (Å²) in [5.74, 6) is 2.30. The Balaban J connectivity index is 2.04. The van der Waals surface area contributed by atoms with Crippen molar-refractivity contribution in [1.82, 2.24) is 9.97 Å². The fourth-order valence-electron chi connectivity index (χ4n) is 2.69. The van der Waals surface area contributed by atoms with Crippen molar-refractivity contribution in [2.24, 2.45) is 0 Å². The van der Waals surface area contributed by atoms with Crippen molar-refractivity contribution in [3.8, 4) is 22.8 Å². The Morgan fingerprint density at radius 1 is 0.929 bits per heavy atom. The van der Waals surface area contributed by atoms with Crippen LogP contribution in [0.3, 0.4) is 0 Å². The van der Waals surface area contributed by atoms with Gasteiger partial charge in [0.15, 0.2) is 0 Å².